The summed E-state index contributed by atoms with van der Waals surface area (Å²) in [5.74, 6) is -0.487. The maximum Gasteiger partial charge on any atom is 0.324 e. The molecule has 0 rings (SSSR count). The fraction of sp³-hybridized carbons (Fsp3) is 0.556. The third-order valence-corrected chi connectivity index (χ3v) is 1.81. The zero-order valence-electron chi connectivity index (χ0n) is 8.42. The number of carbonyl (C=O) groups is 2. The Balaban J connectivity index is 4.16. The molecule has 0 saturated heterocycles. The molecule has 0 heterocycles. The van der Waals surface area contributed by atoms with Gasteiger partial charge >= 0.3 is 6.03 Å². The van der Waals surface area contributed by atoms with Crippen LogP contribution in [0.2, 0.25) is 0 Å². The minimum atomic E-state index is -0.707. The predicted molar refractivity (Wildman–Crippen MR) is 56.3 cm³/mol. The van der Waals surface area contributed by atoms with Gasteiger partial charge in [0, 0.05) is 13.1 Å². The number of amides is 3. The van der Waals surface area contributed by atoms with Crippen LogP contribution in [0.15, 0.2) is 12.7 Å². The van der Waals surface area contributed by atoms with Crippen molar-refractivity contribution in [2.45, 2.75) is 19.2 Å². The van der Waals surface area contributed by atoms with Crippen molar-refractivity contribution >= 4 is 23.5 Å². The summed E-state index contributed by atoms with van der Waals surface area (Å²) in [6.07, 6.45) is 1.59. The van der Waals surface area contributed by atoms with E-state index in [0.717, 1.165) is 0 Å². The fourth-order valence-corrected chi connectivity index (χ4v) is 0.850. The zero-order valence-corrected chi connectivity index (χ0v) is 9.17. The third kappa shape index (κ3) is 4.28. The van der Waals surface area contributed by atoms with Crippen molar-refractivity contribution in [1.29, 1.82) is 0 Å². The lowest BCUT2D eigenvalue weighted by Gasteiger charge is -2.19. The minimum Gasteiger partial charge on any atom is -0.321 e. The standard InChI is InChI=1S/C9H15ClN2O2/c1-4-6-12(5-2)9(14)11-8(13)7(3)10/h4,7H,1,5-6H2,2-3H3,(H,11,13,14). The lowest BCUT2D eigenvalue weighted by atomic mass is 10.4. The molecular weight excluding hydrogens is 204 g/mol. The second-order valence-corrected chi connectivity index (χ2v) is 3.39. The smallest absolute Gasteiger partial charge is 0.321 e. The Morgan fingerprint density at radius 3 is 2.57 bits per heavy atom. The van der Waals surface area contributed by atoms with Crippen molar-refractivity contribution in [3.05, 3.63) is 12.7 Å². The Labute approximate surface area is 88.9 Å². The van der Waals surface area contributed by atoms with Crippen molar-refractivity contribution in [3.63, 3.8) is 0 Å². The van der Waals surface area contributed by atoms with E-state index in [2.05, 4.69) is 11.9 Å². The molecule has 0 spiro atoms. The van der Waals surface area contributed by atoms with E-state index in [4.69, 9.17) is 11.6 Å². The summed E-state index contributed by atoms with van der Waals surface area (Å²) in [5, 5.41) is 1.48. The minimum absolute atomic E-state index is 0.409. The SMILES string of the molecule is C=CCN(CC)C(=O)NC(=O)C(C)Cl. The lowest BCUT2D eigenvalue weighted by Crippen LogP contribution is -2.44. The van der Waals surface area contributed by atoms with Crippen LogP contribution >= 0.6 is 11.6 Å². The van der Waals surface area contributed by atoms with Gasteiger partial charge in [-0.15, -0.1) is 18.2 Å². The van der Waals surface area contributed by atoms with E-state index >= 15 is 0 Å². The number of hydrogen-bond acceptors (Lipinski definition) is 2. The zero-order chi connectivity index (χ0) is 11.1. The number of carbonyl (C=O) groups excluding carboxylic acids is 2. The first-order valence-electron chi connectivity index (χ1n) is 4.37. The molecule has 1 atom stereocenters. The summed E-state index contributed by atoms with van der Waals surface area (Å²) in [6.45, 7) is 7.76. The molecule has 1 unspecified atom stereocenters. The molecular formula is C9H15ClN2O2. The van der Waals surface area contributed by atoms with Gasteiger partial charge in [0.15, 0.2) is 0 Å². The monoisotopic (exact) mass is 218 g/mol. The van der Waals surface area contributed by atoms with Crippen LogP contribution in [-0.4, -0.2) is 35.3 Å². The van der Waals surface area contributed by atoms with Crippen LogP contribution in [0.1, 0.15) is 13.8 Å². The highest BCUT2D eigenvalue weighted by atomic mass is 35.5. The van der Waals surface area contributed by atoms with Crippen LogP contribution in [-0.2, 0) is 4.79 Å². The van der Waals surface area contributed by atoms with Gasteiger partial charge < -0.3 is 4.90 Å². The summed E-state index contributed by atoms with van der Waals surface area (Å²) in [5.41, 5.74) is 0. The van der Waals surface area contributed by atoms with Crippen LogP contribution in [0, 0.1) is 0 Å². The van der Waals surface area contributed by atoms with Gasteiger partial charge in [-0.2, -0.15) is 0 Å². The van der Waals surface area contributed by atoms with Crippen molar-refractivity contribution in [1.82, 2.24) is 10.2 Å². The molecule has 0 radical (unpaired) electrons. The van der Waals surface area contributed by atoms with Gasteiger partial charge in [-0.05, 0) is 13.8 Å². The number of alkyl halides is 1. The fourth-order valence-electron chi connectivity index (χ4n) is 0.795. The van der Waals surface area contributed by atoms with Gasteiger partial charge in [0.25, 0.3) is 0 Å². The molecule has 5 heteroatoms. The summed E-state index contributed by atoms with van der Waals surface area (Å²) < 4.78 is 0. The van der Waals surface area contributed by atoms with Gasteiger partial charge in [-0.3, -0.25) is 10.1 Å². The number of imide groups is 1. The second-order valence-electron chi connectivity index (χ2n) is 2.74. The molecule has 0 aromatic heterocycles. The van der Waals surface area contributed by atoms with Crippen LogP contribution < -0.4 is 5.32 Å². The largest absolute Gasteiger partial charge is 0.324 e. The molecule has 0 aliphatic heterocycles. The van der Waals surface area contributed by atoms with Gasteiger partial charge in [0.1, 0.15) is 5.38 Å². The summed E-state index contributed by atoms with van der Waals surface area (Å²) in [4.78, 5) is 23.9. The number of halogens is 1. The van der Waals surface area contributed by atoms with Crippen LogP contribution in [0.5, 0.6) is 0 Å². The molecule has 0 saturated carbocycles. The average molecular weight is 219 g/mol. The van der Waals surface area contributed by atoms with Crippen molar-refractivity contribution in [2.75, 3.05) is 13.1 Å². The van der Waals surface area contributed by atoms with Crippen LogP contribution in [0.3, 0.4) is 0 Å². The number of nitrogens with zero attached hydrogens (tertiary/aromatic N) is 1. The molecule has 3 amide bonds. The number of nitrogens with one attached hydrogen (secondary N) is 1. The molecule has 4 nitrogen and oxygen atoms in total. The molecule has 0 aliphatic carbocycles. The average Bonchev–Trinajstić information content (AvgIpc) is 2.13. The number of likely N-dealkylation sites (N-methyl/N-ethyl adjacent to an activating group) is 1. The van der Waals surface area contributed by atoms with Crippen molar-refractivity contribution in [2.24, 2.45) is 0 Å². The highest BCUT2D eigenvalue weighted by Crippen LogP contribution is 1.95. The van der Waals surface area contributed by atoms with E-state index < -0.39 is 17.3 Å². The topological polar surface area (TPSA) is 49.4 Å². The Morgan fingerprint density at radius 2 is 2.21 bits per heavy atom. The van der Waals surface area contributed by atoms with Crippen LogP contribution in [0.25, 0.3) is 0 Å². The third-order valence-electron chi connectivity index (χ3n) is 1.61. The maximum atomic E-state index is 11.4. The Morgan fingerprint density at radius 1 is 1.64 bits per heavy atom. The van der Waals surface area contributed by atoms with Gasteiger partial charge in [-0.1, -0.05) is 6.08 Å². The van der Waals surface area contributed by atoms with E-state index in [1.807, 2.05) is 6.92 Å². The van der Waals surface area contributed by atoms with E-state index in [-0.39, 0.29) is 0 Å². The number of hydrogen-bond donors (Lipinski definition) is 1. The molecule has 0 aromatic carbocycles. The maximum absolute atomic E-state index is 11.4. The van der Waals surface area contributed by atoms with E-state index in [0.29, 0.717) is 13.1 Å². The van der Waals surface area contributed by atoms with Gasteiger partial charge in [0.2, 0.25) is 5.91 Å². The molecule has 0 fully saturated rings. The van der Waals surface area contributed by atoms with Crippen LogP contribution in [0.4, 0.5) is 4.79 Å². The lowest BCUT2D eigenvalue weighted by molar-refractivity contribution is -0.119. The van der Waals surface area contributed by atoms with Crippen molar-refractivity contribution < 1.29 is 9.59 Å². The molecule has 0 aromatic rings. The highest BCUT2D eigenvalue weighted by Gasteiger charge is 2.16. The molecule has 0 aliphatic rings. The van der Waals surface area contributed by atoms with Crippen molar-refractivity contribution in [3.8, 4) is 0 Å². The first-order chi connectivity index (χ1) is 6.52. The first kappa shape index (κ1) is 13.0. The number of rotatable bonds is 4. The number of urea groups is 1. The second kappa shape index (κ2) is 6.43. The quantitative estimate of drug-likeness (QED) is 0.572. The normalized spacial score (nSPS) is 11.6. The Bertz CT molecular complexity index is 229. The molecule has 0 bridgehead atoms. The highest BCUT2D eigenvalue weighted by molar-refractivity contribution is 6.31. The Kier molecular flexibility index (Phi) is 5.95. The summed E-state index contributed by atoms with van der Waals surface area (Å²) >= 11 is 5.49. The van der Waals surface area contributed by atoms with E-state index in [1.54, 1.807) is 6.08 Å². The molecule has 1 N–H and O–H groups in total. The molecule has 80 valence electrons. The van der Waals surface area contributed by atoms with E-state index in [1.165, 1.54) is 11.8 Å². The summed E-state index contributed by atoms with van der Waals surface area (Å²) in [7, 11) is 0. The van der Waals surface area contributed by atoms with Gasteiger partial charge in [-0.25, -0.2) is 4.79 Å². The Hall–Kier alpha value is -1.03. The molecule has 14 heavy (non-hydrogen) atoms. The predicted octanol–water partition coefficient (Wildman–Crippen LogP) is 1.36. The summed E-state index contributed by atoms with van der Waals surface area (Å²) in [6, 6.07) is -0.440. The first-order valence-corrected chi connectivity index (χ1v) is 4.81. The van der Waals surface area contributed by atoms with Gasteiger partial charge in [0.05, 0.1) is 0 Å². The van der Waals surface area contributed by atoms with E-state index in [9.17, 15) is 9.59 Å².